The average Bonchev–Trinajstić information content (AvgIpc) is 2.44. The molecule has 0 aromatic heterocycles. The van der Waals surface area contributed by atoms with Crippen LogP contribution in [0.1, 0.15) is 32.6 Å². The highest BCUT2D eigenvalue weighted by Crippen LogP contribution is 2.33. The second kappa shape index (κ2) is 8.42. The van der Waals surface area contributed by atoms with Crippen molar-refractivity contribution in [3.8, 4) is 0 Å². The monoisotopic (exact) mass is 334 g/mol. The van der Waals surface area contributed by atoms with Gasteiger partial charge in [-0.15, -0.1) is 12.4 Å². The number of halogens is 1. The number of piperidine rings is 1. The van der Waals surface area contributed by atoms with Crippen LogP contribution >= 0.6 is 24.2 Å². The van der Waals surface area contributed by atoms with Crippen molar-refractivity contribution in [1.82, 2.24) is 4.90 Å². The molecule has 0 saturated carbocycles. The Morgan fingerprint density at radius 1 is 1.52 bits per heavy atom. The highest BCUT2D eigenvalue weighted by molar-refractivity contribution is 7.98. The van der Waals surface area contributed by atoms with E-state index in [1.165, 1.54) is 5.57 Å². The molecule has 2 heterocycles. The Morgan fingerprint density at radius 3 is 2.76 bits per heavy atom. The van der Waals surface area contributed by atoms with Gasteiger partial charge in [0.15, 0.2) is 0 Å². The van der Waals surface area contributed by atoms with Crippen molar-refractivity contribution in [3.63, 3.8) is 0 Å². The first-order valence-electron chi connectivity index (χ1n) is 7.42. The summed E-state index contributed by atoms with van der Waals surface area (Å²) < 4.78 is 5.98. The van der Waals surface area contributed by atoms with E-state index < -0.39 is 0 Å². The summed E-state index contributed by atoms with van der Waals surface area (Å²) in [5, 5.41) is 0. The van der Waals surface area contributed by atoms with Gasteiger partial charge in [-0.3, -0.25) is 4.79 Å². The Hall–Kier alpha value is -0.230. The van der Waals surface area contributed by atoms with Gasteiger partial charge in [0.25, 0.3) is 0 Å². The molecule has 0 aliphatic carbocycles. The number of likely N-dealkylation sites (tertiary alicyclic amines) is 1. The van der Waals surface area contributed by atoms with E-state index in [1.807, 2.05) is 11.2 Å². The number of carbonyl (C=O) groups is 1. The van der Waals surface area contributed by atoms with Gasteiger partial charge in [0.1, 0.15) is 0 Å². The average molecular weight is 335 g/mol. The lowest BCUT2D eigenvalue weighted by Crippen LogP contribution is -2.52. The number of nitrogens with zero attached hydrogens (tertiary/aromatic N) is 1. The number of hydrogen-bond acceptors (Lipinski definition) is 4. The molecule has 2 aliphatic heterocycles. The van der Waals surface area contributed by atoms with E-state index in [0.717, 1.165) is 51.1 Å². The largest absolute Gasteiger partial charge is 0.370 e. The Bertz CT molecular complexity index is 382. The topological polar surface area (TPSA) is 55.6 Å². The third kappa shape index (κ3) is 4.88. The highest BCUT2D eigenvalue weighted by atomic mass is 35.5. The van der Waals surface area contributed by atoms with Gasteiger partial charge in [-0.1, -0.05) is 11.6 Å². The lowest BCUT2D eigenvalue weighted by atomic mass is 9.87. The van der Waals surface area contributed by atoms with Gasteiger partial charge in [-0.25, -0.2) is 0 Å². The maximum atomic E-state index is 12.3. The van der Waals surface area contributed by atoms with E-state index in [1.54, 1.807) is 11.8 Å². The highest BCUT2D eigenvalue weighted by Gasteiger charge is 2.37. The number of rotatable bonds is 4. The third-order valence-corrected chi connectivity index (χ3v) is 4.91. The molecule has 0 aromatic rings. The standard InChI is InChI=1S/C15H26N2O2S.ClH/c1-12-3-9-19-15(11-12)5-7-17(8-6-15)14(18)13(16)4-10-20-2;/h11,13H,3-10,16H2,1-2H3;1H/t13-;/m0./s1. The summed E-state index contributed by atoms with van der Waals surface area (Å²) in [6.45, 7) is 4.49. The SMILES string of the molecule is CSCC[C@H](N)C(=O)N1CCC2(C=C(C)CCO2)CC1.Cl. The maximum Gasteiger partial charge on any atom is 0.239 e. The van der Waals surface area contributed by atoms with E-state index >= 15 is 0 Å². The van der Waals surface area contributed by atoms with Gasteiger partial charge in [0.05, 0.1) is 18.2 Å². The first kappa shape index (κ1) is 18.8. The van der Waals surface area contributed by atoms with Crippen molar-refractivity contribution < 1.29 is 9.53 Å². The maximum absolute atomic E-state index is 12.3. The summed E-state index contributed by atoms with van der Waals surface area (Å²) in [4.78, 5) is 14.2. The number of carbonyl (C=O) groups excluding carboxylic acids is 1. The zero-order valence-corrected chi connectivity index (χ0v) is 14.6. The molecule has 0 radical (unpaired) electrons. The fraction of sp³-hybridized carbons (Fsp3) is 0.800. The molecule has 2 N–H and O–H groups in total. The molecular formula is C15H27ClN2O2S. The molecule has 1 fully saturated rings. The first-order valence-corrected chi connectivity index (χ1v) is 8.81. The summed E-state index contributed by atoms with van der Waals surface area (Å²) in [6.07, 6.45) is 7.89. The third-order valence-electron chi connectivity index (χ3n) is 4.27. The van der Waals surface area contributed by atoms with Crippen LogP contribution in [-0.2, 0) is 9.53 Å². The number of amides is 1. The summed E-state index contributed by atoms with van der Waals surface area (Å²) in [5.41, 5.74) is 7.27. The van der Waals surface area contributed by atoms with Crippen molar-refractivity contribution in [3.05, 3.63) is 11.6 Å². The van der Waals surface area contributed by atoms with Gasteiger partial charge in [-0.05, 0) is 44.6 Å². The van der Waals surface area contributed by atoms with Gasteiger partial charge >= 0.3 is 0 Å². The molecule has 0 unspecified atom stereocenters. The van der Waals surface area contributed by atoms with Crippen LogP contribution in [0.4, 0.5) is 0 Å². The second-order valence-electron chi connectivity index (χ2n) is 5.87. The van der Waals surface area contributed by atoms with Crippen LogP contribution < -0.4 is 5.73 Å². The Morgan fingerprint density at radius 2 is 2.19 bits per heavy atom. The van der Waals surface area contributed by atoms with Gasteiger partial charge in [0, 0.05) is 13.1 Å². The minimum atomic E-state index is -0.346. The molecule has 1 spiro atoms. The van der Waals surface area contributed by atoms with Crippen molar-refractivity contribution in [2.75, 3.05) is 31.7 Å². The molecule has 2 aliphatic rings. The van der Waals surface area contributed by atoms with Crippen LogP contribution in [0.5, 0.6) is 0 Å². The van der Waals surface area contributed by atoms with Crippen LogP contribution in [-0.4, -0.2) is 54.2 Å². The van der Waals surface area contributed by atoms with E-state index in [2.05, 4.69) is 13.0 Å². The number of thioether (sulfide) groups is 1. The van der Waals surface area contributed by atoms with Crippen LogP contribution in [0.15, 0.2) is 11.6 Å². The quantitative estimate of drug-likeness (QED) is 0.801. The second-order valence-corrected chi connectivity index (χ2v) is 6.85. The minimum absolute atomic E-state index is 0. The summed E-state index contributed by atoms with van der Waals surface area (Å²) in [5.74, 6) is 1.04. The van der Waals surface area contributed by atoms with E-state index in [4.69, 9.17) is 10.5 Å². The van der Waals surface area contributed by atoms with E-state index in [-0.39, 0.29) is 30.0 Å². The van der Waals surface area contributed by atoms with Crippen molar-refractivity contribution in [1.29, 1.82) is 0 Å². The number of ether oxygens (including phenoxy) is 1. The number of nitrogens with two attached hydrogens (primary N) is 1. The molecule has 1 saturated heterocycles. The molecule has 6 heteroatoms. The summed E-state index contributed by atoms with van der Waals surface area (Å²) in [6, 6.07) is -0.346. The smallest absolute Gasteiger partial charge is 0.239 e. The minimum Gasteiger partial charge on any atom is -0.370 e. The van der Waals surface area contributed by atoms with Crippen molar-refractivity contribution in [2.24, 2.45) is 5.73 Å². The lowest BCUT2D eigenvalue weighted by molar-refractivity contribution is -0.137. The molecular weight excluding hydrogens is 308 g/mol. The van der Waals surface area contributed by atoms with Gasteiger partial charge in [-0.2, -0.15) is 11.8 Å². The Balaban J connectivity index is 0.00000220. The van der Waals surface area contributed by atoms with E-state index in [0.29, 0.717) is 0 Å². The number of hydrogen-bond donors (Lipinski definition) is 1. The summed E-state index contributed by atoms with van der Waals surface area (Å²) in [7, 11) is 0. The predicted octanol–water partition coefficient (Wildman–Crippen LogP) is 2.22. The normalized spacial score (nSPS) is 22.4. The fourth-order valence-corrected chi connectivity index (χ4v) is 3.46. The van der Waals surface area contributed by atoms with Crippen molar-refractivity contribution in [2.45, 2.75) is 44.2 Å². The molecule has 2 rings (SSSR count). The Labute approximate surface area is 138 Å². The zero-order valence-electron chi connectivity index (χ0n) is 13.0. The zero-order chi connectivity index (χ0) is 14.6. The van der Waals surface area contributed by atoms with E-state index in [9.17, 15) is 4.79 Å². The molecule has 1 amide bonds. The Kier molecular flexibility index (Phi) is 7.54. The summed E-state index contributed by atoms with van der Waals surface area (Å²) >= 11 is 1.73. The molecule has 1 atom stereocenters. The molecule has 4 nitrogen and oxygen atoms in total. The van der Waals surface area contributed by atoms with Crippen LogP contribution in [0.25, 0.3) is 0 Å². The van der Waals surface area contributed by atoms with Gasteiger partial charge < -0.3 is 15.4 Å². The molecule has 21 heavy (non-hydrogen) atoms. The van der Waals surface area contributed by atoms with Crippen LogP contribution in [0.3, 0.4) is 0 Å². The van der Waals surface area contributed by atoms with Crippen LogP contribution in [0.2, 0.25) is 0 Å². The van der Waals surface area contributed by atoms with Crippen LogP contribution in [0, 0.1) is 0 Å². The lowest BCUT2D eigenvalue weighted by Gasteiger charge is -2.42. The fourth-order valence-electron chi connectivity index (χ4n) is 2.98. The molecule has 122 valence electrons. The predicted molar refractivity (Wildman–Crippen MR) is 91.1 cm³/mol. The van der Waals surface area contributed by atoms with Crippen molar-refractivity contribution >= 4 is 30.1 Å². The molecule has 0 aromatic carbocycles. The first-order chi connectivity index (χ1) is 9.56. The van der Waals surface area contributed by atoms with Gasteiger partial charge in [0.2, 0.25) is 5.91 Å². The molecule has 0 bridgehead atoms.